The molecule has 0 aromatic carbocycles. The molecular weight excluding hydrogens is 184 g/mol. The molecular formula is C5H3ClN4S. The number of H-pyrrole nitrogens is 1. The third-order valence-electron chi connectivity index (χ3n) is 1.01. The van der Waals surface area contributed by atoms with E-state index in [0.717, 1.165) is 0 Å². The van der Waals surface area contributed by atoms with E-state index in [2.05, 4.69) is 9.97 Å². The summed E-state index contributed by atoms with van der Waals surface area (Å²) in [7, 11) is 0. The monoisotopic (exact) mass is 186 g/mol. The number of nitrogens with one attached hydrogen (secondary N) is 1. The van der Waals surface area contributed by atoms with Crippen LogP contribution < -0.4 is 5.73 Å². The van der Waals surface area contributed by atoms with E-state index in [-0.39, 0.29) is 21.3 Å². The van der Waals surface area contributed by atoms with E-state index in [4.69, 9.17) is 34.8 Å². The lowest BCUT2D eigenvalue weighted by atomic mass is 10.4. The molecule has 0 saturated heterocycles. The Kier molecular flexibility index (Phi) is 2.08. The minimum absolute atomic E-state index is 0.0589. The SMILES string of the molecule is N#Cc1nc(Cl)c(=S)[nH]c1N. The van der Waals surface area contributed by atoms with Gasteiger partial charge in [-0.05, 0) is 0 Å². The summed E-state index contributed by atoms with van der Waals surface area (Å²) < 4.78 is 0.239. The molecule has 0 aliphatic carbocycles. The molecule has 0 unspecified atom stereocenters. The fourth-order valence-corrected chi connectivity index (χ4v) is 0.815. The van der Waals surface area contributed by atoms with Gasteiger partial charge in [0.15, 0.2) is 10.8 Å². The smallest absolute Gasteiger partial charge is 0.182 e. The van der Waals surface area contributed by atoms with E-state index in [1.807, 2.05) is 0 Å². The van der Waals surface area contributed by atoms with Crippen molar-refractivity contribution in [2.75, 3.05) is 5.73 Å². The van der Waals surface area contributed by atoms with Crippen molar-refractivity contribution in [3.05, 3.63) is 15.5 Å². The normalized spacial score (nSPS) is 9.09. The number of nitriles is 1. The number of hydrogen-bond donors (Lipinski definition) is 2. The lowest BCUT2D eigenvalue weighted by molar-refractivity contribution is 1.16. The van der Waals surface area contributed by atoms with Gasteiger partial charge in [-0.2, -0.15) is 5.26 Å². The van der Waals surface area contributed by atoms with Gasteiger partial charge >= 0.3 is 0 Å². The first-order valence-electron chi connectivity index (χ1n) is 2.60. The van der Waals surface area contributed by atoms with E-state index < -0.39 is 0 Å². The van der Waals surface area contributed by atoms with Crippen LogP contribution in [0, 0.1) is 16.0 Å². The summed E-state index contributed by atoms with van der Waals surface area (Å²) in [6.45, 7) is 0. The second-order valence-electron chi connectivity index (χ2n) is 1.73. The molecule has 4 nitrogen and oxygen atoms in total. The highest BCUT2D eigenvalue weighted by Crippen LogP contribution is 2.10. The number of nitrogens with two attached hydrogens (primary N) is 1. The van der Waals surface area contributed by atoms with Crippen LogP contribution in [0.15, 0.2) is 0 Å². The van der Waals surface area contributed by atoms with Crippen molar-refractivity contribution in [2.24, 2.45) is 0 Å². The topological polar surface area (TPSA) is 78.5 Å². The van der Waals surface area contributed by atoms with Crippen LogP contribution in [-0.4, -0.2) is 9.97 Å². The second kappa shape index (κ2) is 2.86. The second-order valence-corrected chi connectivity index (χ2v) is 2.50. The number of rotatable bonds is 0. The number of hydrogen-bond acceptors (Lipinski definition) is 4. The Morgan fingerprint density at radius 1 is 1.73 bits per heavy atom. The van der Waals surface area contributed by atoms with Crippen LogP contribution in [0.2, 0.25) is 5.15 Å². The van der Waals surface area contributed by atoms with Crippen molar-refractivity contribution in [2.45, 2.75) is 0 Å². The van der Waals surface area contributed by atoms with E-state index in [1.54, 1.807) is 6.07 Å². The largest absolute Gasteiger partial charge is 0.383 e. The predicted molar refractivity (Wildman–Crippen MR) is 43.6 cm³/mol. The summed E-state index contributed by atoms with van der Waals surface area (Å²) in [5.74, 6) is 0.141. The molecule has 0 aliphatic heterocycles. The van der Waals surface area contributed by atoms with Gasteiger partial charge in [-0.15, -0.1) is 0 Å². The molecule has 1 aromatic rings. The maximum Gasteiger partial charge on any atom is 0.182 e. The number of halogens is 1. The highest BCUT2D eigenvalue weighted by Gasteiger charge is 2.01. The molecule has 0 saturated carbocycles. The number of nitrogens with zero attached hydrogens (tertiary/aromatic N) is 2. The summed E-state index contributed by atoms with van der Waals surface area (Å²) in [5, 5.41) is 8.52. The Balaban J connectivity index is 3.47. The van der Waals surface area contributed by atoms with Gasteiger partial charge < -0.3 is 10.7 Å². The van der Waals surface area contributed by atoms with Crippen LogP contribution in [-0.2, 0) is 0 Å². The first-order chi connectivity index (χ1) is 5.15. The van der Waals surface area contributed by atoms with Crippen molar-refractivity contribution in [3.8, 4) is 6.07 Å². The van der Waals surface area contributed by atoms with E-state index >= 15 is 0 Å². The minimum Gasteiger partial charge on any atom is -0.383 e. The molecule has 0 radical (unpaired) electrons. The van der Waals surface area contributed by atoms with Crippen LogP contribution in [0.4, 0.5) is 5.82 Å². The highest BCUT2D eigenvalue weighted by atomic mass is 35.5. The van der Waals surface area contributed by atoms with Crippen molar-refractivity contribution < 1.29 is 0 Å². The summed E-state index contributed by atoms with van der Waals surface area (Å²) in [5.41, 5.74) is 5.39. The molecule has 11 heavy (non-hydrogen) atoms. The molecule has 56 valence electrons. The third kappa shape index (κ3) is 1.48. The van der Waals surface area contributed by atoms with Crippen LogP contribution in [0.5, 0.6) is 0 Å². The van der Waals surface area contributed by atoms with Crippen LogP contribution in [0.25, 0.3) is 0 Å². The average molecular weight is 187 g/mol. The zero-order valence-electron chi connectivity index (χ0n) is 5.26. The van der Waals surface area contributed by atoms with Crippen molar-refractivity contribution >= 4 is 29.6 Å². The number of aromatic amines is 1. The molecule has 1 aromatic heterocycles. The van der Waals surface area contributed by atoms with Gasteiger partial charge in [-0.1, -0.05) is 23.8 Å². The first kappa shape index (κ1) is 7.98. The van der Waals surface area contributed by atoms with Gasteiger partial charge in [0, 0.05) is 0 Å². The minimum atomic E-state index is 0.0589. The van der Waals surface area contributed by atoms with Gasteiger partial charge in [0.2, 0.25) is 0 Å². The third-order valence-corrected chi connectivity index (χ3v) is 1.69. The maximum atomic E-state index is 8.43. The molecule has 0 amide bonds. The number of anilines is 1. The van der Waals surface area contributed by atoms with Crippen LogP contribution >= 0.6 is 23.8 Å². The lowest BCUT2D eigenvalue weighted by Crippen LogP contribution is -1.98. The number of nitrogen functional groups attached to an aromatic ring is 1. The van der Waals surface area contributed by atoms with Crippen molar-refractivity contribution in [1.82, 2.24) is 9.97 Å². The molecule has 0 bridgehead atoms. The molecule has 0 aliphatic rings. The summed E-state index contributed by atoms with van der Waals surface area (Å²) in [6, 6.07) is 1.77. The quantitative estimate of drug-likeness (QED) is 0.598. The maximum absolute atomic E-state index is 8.43. The van der Waals surface area contributed by atoms with E-state index in [0.29, 0.717) is 0 Å². The molecule has 3 N–H and O–H groups in total. The van der Waals surface area contributed by atoms with E-state index in [9.17, 15) is 0 Å². The highest BCUT2D eigenvalue weighted by molar-refractivity contribution is 7.71. The van der Waals surface area contributed by atoms with Gasteiger partial charge in [-0.25, -0.2) is 4.98 Å². The Morgan fingerprint density at radius 2 is 2.36 bits per heavy atom. The zero-order valence-corrected chi connectivity index (χ0v) is 6.83. The summed E-state index contributed by atoms with van der Waals surface area (Å²) >= 11 is 10.2. The molecule has 6 heteroatoms. The lowest BCUT2D eigenvalue weighted by Gasteiger charge is -1.95. The van der Waals surface area contributed by atoms with Gasteiger partial charge in [0.25, 0.3) is 0 Å². The Labute approximate surface area is 72.6 Å². The van der Waals surface area contributed by atoms with Crippen molar-refractivity contribution in [3.63, 3.8) is 0 Å². The molecule has 0 atom stereocenters. The average Bonchev–Trinajstić information content (AvgIpc) is 1.97. The molecule has 1 heterocycles. The van der Waals surface area contributed by atoms with Crippen LogP contribution in [0.1, 0.15) is 5.69 Å². The Bertz CT molecular complexity index is 377. The van der Waals surface area contributed by atoms with Gasteiger partial charge in [0.1, 0.15) is 16.5 Å². The summed E-state index contributed by atoms with van der Waals surface area (Å²) in [4.78, 5) is 6.17. The van der Waals surface area contributed by atoms with Gasteiger partial charge in [0.05, 0.1) is 0 Å². The van der Waals surface area contributed by atoms with Crippen LogP contribution in [0.3, 0.4) is 0 Å². The summed E-state index contributed by atoms with van der Waals surface area (Å²) in [6.07, 6.45) is 0. The molecule has 1 rings (SSSR count). The molecule has 0 fully saturated rings. The first-order valence-corrected chi connectivity index (χ1v) is 3.39. The van der Waals surface area contributed by atoms with E-state index in [1.165, 1.54) is 0 Å². The zero-order chi connectivity index (χ0) is 8.43. The Hall–Kier alpha value is -1.12. The number of aromatic nitrogens is 2. The fourth-order valence-electron chi connectivity index (χ4n) is 0.527. The van der Waals surface area contributed by atoms with Gasteiger partial charge in [-0.3, -0.25) is 0 Å². The Morgan fingerprint density at radius 3 is 2.91 bits per heavy atom. The molecule has 0 spiro atoms. The van der Waals surface area contributed by atoms with Crippen molar-refractivity contribution in [1.29, 1.82) is 5.26 Å². The standard InChI is InChI=1S/C5H3ClN4S/c6-3-5(11)10-4(8)2(1-7)9-3/h(H3,8,10,11). The predicted octanol–water partition coefficient (Wildman–Crippen LogP) is 1.25. The fraction of sp³-hybridized carbons (Fsp3) is 0.